The van der Waals surface area contributed by atoms with Gasteiger partial charge in [-0.25, -0.2) is 0 Å². The molecule has 2 fully saturated rings. The van der Waals surface area contributed by atoms with Crippen molar-refractivity contribution in [1.82, 2.24) is 9.80 Å². The van der Waals surface area contributed by atoms with Crippen LogP contribution in [0, 0.1) is 11.3 Å². The van der Waals surface area contributed by atoms with Crippen molar-refractivity contribution in [3.63, 3.8) is 0 Å². The van der Waals surface area contributed by atoms with Crippen LogP contribution < -0.4 is 0 Å². The van der Waals surface area contributed by atoms with E-state index in [0.717, 1.165) is 24.9 Å². The summed E-state index contributed by atoms with van der Waals surface area (Å²) in [6, 6.07) is 9.42. The lowest BCUT2D eigenvalue weighted by molar-refractivity contribution is -0.149. The van der Waals surface area contributed by atoms with Crippen LogP contribution in [0.25, 0.3) is 0 Å². The Morgan fingerprint density at radius 1 is 1.38 bits per heavy atom. The largest absolute Gasteiger partial charge is 0.481 e. The topological polar surface area (TPSA) is 60.9 Å². The van der Waals surface area contributed by atoms with Gasteiger partial charge in [-0.1, -0.05) is 43.7 Å². The molecule has 24 heavy (non-hydrogen) atoms. The molecule has 1 aromatic rings. The molecule has 0 aromatic heterocycles. The predicted octanol–water partition coefficient (Wildman–Crippen LogP) is 2.39. The van der Waals surface area contributed by atoms with Gasteiger partial charge in [0, 0.05) is 13.1 Å². The first-order chi connectivity index (χ1) is 11.5. The van der Waals surface area contributed by atoms with Gasteiger partial charge in [0.1, 0.15) is 6.04 Å². The average Bonchev–Trinajstić information content (AvgIpc) is 3.14. The summed E-state index contributed by atoms with van der Waals surface area (Å²) in [7, 11) is 1.94. The van der Waals surface area contributed by atoms with E-state index in [-0.39, 0.29) is 17.9 Å². The summed E-state index contributed by atoms with van der Waals surface area (Å²) in [6.07, 6.45) is 2.56. The van der Waals surface area contributed by atoms with E-state index in [0.29, 0.717) is 19.5 Å². The molecule has 0 radical (unpaired) electrons. The van der Waals surface area contributed by atoms with Crippen molar-refractivity contribution in [1.29, 1.82) is 0 Å². The minimum atomic E-state index is -0.736. The van der Waals surface area contributed by atoms with Crippen LogP contribution in [-0.4, -0.2) is 53.5 Å². The fourth-order valence-corrected chi connectivity index (χ4v) is 4.38. The number of rotatable bonds is 5. The van der Waals surface area contributed by atoms with E-state index < -0.39 is 11.4 Å². The van der Waals surface area contributed by atoms with Gasteiger partial charge in [-0.05, 0) is 37.9 Å². The standard InChI is InChI=1S/C19H26N2O3/c1-3-20(2)16(14-8-5-4-6-9-14)17(22)21-12-15-10-7-11-19(15,13-21)18(23)24/h4-6,8-9,15-16H,3,7,10-13H2,1-2H3,(H,23,24)/t15-,16?,19+/m0/s1. The number of nitrogens with zero attached hydrogens (tertiary/aromatic N) is 2. The number of carbonyl (C=O) groups is 2. The van der Waals surface area contributed by atoms with Gasteiger partial charge in [0.25, 0.3) is 0 Å². The molecule has 3 atom stereocenters. The number of likely N-dealkylation sites (N-methyl/N-ethyl adjacent to an activating group) is 1. The molecule has 5 nitrogen and oxygen atoms in total. The number of hydrogen-bond donors (Lipinski definition) is 1. The molecule has 1 N–H and O–H groups in total. The molecule has 1 aromatic carbocycles. The number of carboxylic acids is 1. The van der Waals surface area contributed by atoms with Crippen LogP contribution in [0.15, 0.2) is 30.3 Å². The molecule has 1 unspecified atom stereocenters. The minimum absolute atomic E-state index is 0.0283. The van der Waals surface area contributed by atoms with Gasteiger partial charge < -0.3 is 10.0 Å². The predicted molar refractivity (Wildman–Crippen MR) is 91.5 cm³/mol. The molecule has 1 heterocycles. The lowest BCUT2D eigenvalue weighted by Crippen LogP contribution is -2.42. The van der Waals surface area contributed by atoms with Gasteiger partial charge in [0.05, 0.1) is 5.41 Å². The number of likely N-dealkylation sites (tertiary alicyclic amines) is 1. The van der Waals surface area contributed by atoms with Crippen LogP contribution in [0.4, 0.5) is 0 Å². The van der Waals surface area contributed by atoms with Crippen molar-refractivity contribution in [3.05, 3.63) is 35.9 Å². The number of carbonyl (C=O) groups excluding carboxylic acids is 1. The molecule has 0 spiro atoms. The zero-order valence-electron chi connectivity index (χ0n) is 14.4. The van der Waals surface area contributed by atoms with E-state index in [1.54, 1.807) is 4.90 Å². The first kappa shape index (κ1) is 17.0. The summed E-state index contributed by atoms with van der Waals surface area (Å²) in [4.78, 5) is 28.9. The van der Waals surface area contributed by atoms with Crippen molar-refractivity contribution in [2.75, 3.05) is 26.7 Å². The average molecular weight is 330 g/mol. The maximum Gasteiger partial charge on any atom is 0.311 e. The van der Waals surface area contributed by atoms with Crippen LogP contribution in [0.1, 0.15) is 37.8 Å². The second-order valence-electron chi connectivity index (χ2n) is 7.16. The van der Waals surface area contributed by atoms with Crippen molar-refractivity contribution >= 4 is 11.9 Å². The molecule has 1 saturated carbocycles. The third-order valence-corrected chi connectivity index (χ3v) is 5.90. The third-order valence-electron chi connectivity index (χ3n) is 5.90. The summed E-state index contributed by atoms with van der Waals surface area (Å²) in [5.41, 5.74) is 0.245. The zero-order chi connectivity index (χ0) is 17.3. The Bertz CT molecular complexity index is 618. The van der Waals surface area contributed by atoms with E-state index >= 15 is 0 Å². The van der Waals surface area contributed by atoms with Gasteiger partial charge >= 0.3 is 5.97 Å². The smallest absolute Gasteiger partial charge is 0.311 e. The Morgan fingerprint density at radius 3 is 2.67 bits per heavy atom. The fraction of sp³-hybridized carbons (Fsp3) is 0.579. The number of carboxylic acid groups (broad SMARTS) is 1. The second-order valence-corrected chi connectivity index (χ2v) is 7.16. The molecule has 1 amide bonds. The Morgan fingerprint density at radius 2 is 2.08 bits per heavy atom. The van der Waals surface area contributed by atoms with Crippen LogP contribution in [0.5, 0.6) is 0 Å². The van der Waals surface area contributed by atoms with Crippen molar-refractivity contribution in [2.24, 2.45) is 11.3 Å². The van der Waals surface area contributed by atoms with E-state index in [4.69, 9.17) is 0 Å². The van der Waals surface area contributed by atoms with E-state index in [1.165, 1.54) is 0 Å². The quantitative estimate of drug-likeness (QED) is 0.900. The number of aliphatic carboxylic acids is 1. The normalized spacial score (nSPS) is 27.3. The molecule has 1 aliphatic heterocycles. The van der Waals surface area contributed by atoms with Gasteiger partial charge in [-0.15, -0.1) is 0 Å². The van der Waals surface area contributed by atoms with Crippen molar-refractivity contribution in [3.8, 4) is 0 Å². The molecule has 2 aliphatic rings. The lowest BCUT2D eigenvalue weighted by atomic mass is 9.81. The van der Waals surface area contributed by atoms with Crippen LogP contribution in [0.3, 0.4) is 0 Å². The van der Waals surface area contributed by atoms with Crippen LogP contribution in [0.2, 0.25) is 0 Å². The number of benzene rings is 1. The molecule has 1 saturated heterocycles. The highest BCUT2D eigenvalue weighted by Gasteiger charge is 2.56. The van der Waals surface area contributed by atoms with Gasteiger partial charge in [-0.2, -0.15) is 0 Å². The SMILES string of the molecule is CCN(C)C(C(=O)N1C[C@@H]2CCC[C@@]2(C(=O)O)C1)c1ccccc1. The molecular weight excluding hydrogens is 304 g/mol. The van der Waals surface area contributed by atoms with Gasteiger partial charge in [0.2, 0.25) is 5.91 Å². The summed E-state index contributed by atoms with van der Waals surface area (Å²) in [5, 5.41) is 9.74. The zero-order valence-corrected chi connectivity index (χ0v) is 14.4. The van der Waals surface area contributed by atoms with E-state index in [1.807, 2.05) is 49.2 Å². The van der Waals surface area contributed by atoms with Gasteiger partial charge in [-0.3, -0.25) is 14.5 Å². The molecular formula is C19H26N2O3. The van der Waals surface area contributed by atoms with E-state index in [9.17, 15) is 14.7 Å². The number of fused-ring (bicyclic) bond motifs is 1. The Labute approximate surface area is 143 Å². The lowest BCUT2D eigenvalue weighted by Gasteiger charge is -2.31. The van der Waals surface area contributed by atoms with Gasteiger partial charge in [0.15, 0.2) is 0 Å². The first-order valence-electron chi connectivity index (χ1n) is 8.77. The summed E-state index contributed by atoms with van der Waals surface area (Å²) < 4.78 is 0. The van der Waals surface area contributed by atoms with Crippen molar-refractivity contribution in [2.45, 2.75) is 32.2 Å². The maximum atomic E-state index is 13.2. The highest BCUT2D eigenvalue weighted by atomic mass is 16.4. The molecule has 1 aliphatic carbocycles. The number of hydrogen-bond acceptors (Lipinski definition) is 3. The molecule has 0 bridgehead atoms. The molecule has 5 heteroatoms. The Kier molecular flexibility index (Phi) is 4.63. The first-order valence-corrected chi connectivity index (χ1v) is 8.77. The fourth-order valence-electron chi connectivity index (χ4n) is 4.38. The highest BCUT2D eigenvalue weighted by Crippen LogP contribution is 2.49. The third kappa shape index (κ3) is 2.71. The Hall–Kier alpha value is -1.88. The molecule has 130 valence electrons. The van der Waals surface area contributed by atoms with E-state index in [2.05, 4.69) is 0 Å². The Balaban J connectivity index is 1.86. The summed E-state index contributed by atoms with van der Waals surface area (Å²) >= 11 is 0. The van der Waals surface area contributed by atoms with Crippen LogP contribution >= 0.6 is 0 Å². The number of amides is 1. The maximum absolute atomic E-state index is 13.2. The monoisotopic (exact) mass is 330 g/mol. The van der Waals surface area contributed by atoms with Crippen LogP contribution in [-0.2, 0) is 9.59 Å². The summed E-state index contributed by atoms with van der Waals surface area (Å²) in [6.45, 7) is 3.71. The summed E-state index contributed by atoms with van der Waals surface area (Å²) in [5.74, 6) is -0.608. The second kappa shape index (κ2) is 6.55. The molecule has 3 rings (SSSR count). The van der Waals surface area contributed by atoms with Crippen molar-refractivity contribution < 1.29 is 14.7 Å². The minimum Gasteiger partial charge on any atom is -0.481 e. The highest BCUT2D eigenvalue weighted by molar-refractivity contribution is 5.85.